The van der Waals surface area contributed by atoms with E-state index in [-0.39, 0.29) is 24.0 Å². The Bertz CT molecular complexity index is 712. The summed E-state index contributed by atoms with van der Waals surface area (Å²) in [5.74, 6) is -0.394. The van der Waals surface area contributed by atoms with E-state index in [1.165, 1.54) is 26.4 Å². The summed E-state index contributed by atoms with van der Waals surface area (Å²) in [4.78, 5) is 37.7. The van der Waals surface area contributed by atoms with Gasteiger partial charge in [0.1, 0.15) is 12.4 Å². The molecule has 2 fully saturated rings. The van der Waals surface area contributed by atoms with Crippen LogP contribution in [0.1, 0.15) is 33.6 Å². The Morgan fingerprint density at radius 1 is 1.15 bits per heavy atom. The third-order valence-corrected chi connectivity index (χ3v) is 4.89. The van der Waals surface area contributed by atoms with Crippen LogP contribution in [0.3, 0.4) is 0 Å². The molecule has 0 aliphatic carbocycles. The lowest BCUT2D eigenvalue weighted by Gasteiger charge is -2.43. The number of hydrogen-bond acceptors (Lipinski definition) is 6. The molecule has 140 valence electrons. The van der Waals surface area contributed by atoms with Crippen LogP contribution in [-0.2, 0) is 14.3 Å². The van der Waals surface area contributed by atoms with E-state index in [0.29, 0.717) is 43.8 Å². The fourth-order valence-electron chi connectivity index (χ4n) is 3.28. The van der Waals surface area contributed by atoms with Crippen molar-refractivity contribution in [2.75, 3.05) is 40.5 Å². The molecule has 3 rings (SSSR count). The highest BCUT2D eigenvalue weighted by Crippen LogP contribution is 2.29. The fraction of sp³-hybridized carbons (Fsp3) is 0.500. The zero-order valence-electron chi connectivity index (χ0n) is 14.9. The predicted octanol–water partition coefficient (Wildman–Crippen LogP) is 0.603. The molecule has 0 unspecified atom stereocenters. The van der Waals surface area contributed by atoms with Gasteiger partial charge in [0.25, 0.3) is 5.91 Å². The Kier molecular flexibility index (Phi) is 5.13. The summed E-state index contributed by atoms with van der Waals surface area (Å²) in [6, 6.07) is 4.65. The average molecular weight is 362 g/mol. The second-order valence-corrected chi connectivity index (χ2v) is 6.48. The standard InChI is InChI=1S/C18H22N2O6/c1-24-14-8-12(7-13(9-14)17(23)25-2)16(22)20-5-3-18(4-6-20)11-19-15(21)10-26-18/h7-9H,3-6,10-11H2,1-2H3,(H,19,21). The summed E-state index contributed by atoms with van der Waals surface area (Å²) in [5.41, 5.74) is 0.247. The van der Waals surface area contributed by atoms with Crippen LogP contribution >= 0.6 is 0 Å². The molecular formula is C18H22N2O6. The summed E-state index contributed by atoms with van der Waals surface area (Å²) < 4.78 is 15.6. The molecule has 0 atom stereocenters. The summed E-state index contributed by atoms with van der Waals surface area (Å²) in [6.45, 7) is 1.56. The van der Waals surface area contributed by atoms with Gasteiger partial charge in [0, 0.05) is 25.2 Å². The van der Waals surface area contributed by atoms with E-state index >= 15 is 0 Å². The van der Waals surface area contributed by atoms with Gasteiger partial charge < -0.3 is 24.4 Å². The molecule has 2 aliphatic rings. The first-order valence-electron chi connectivity index (χ1n) is 8.44. The van der Waals surface area contributed by atoms with Crippen molar-refractivity contribution in [3.05, 3.63) is 29.3 Å². The molecule has 8 heteroatoms. The van der Waals surface area contributed by atoms with E-state index in [9.17, 15) is 14.4 Å². The SMILES string of the molecule is COC(=O)c1cc(OC)cc(C(=O)N2CCC3(CC2)CNC(=O)CO3)c1. The molecule has 8 nitrogen and oxygen atoms in total. The smallest absolute Gasteiger partial charge is 0.338 e. The van der Waals surface area contributed by atoms with Crippen molar-refractivity contribution in [1.82, 2.24) is 10.2 Å². The van der Waals surface area contributed by atoms with Crippen LogP contribution in [0.2, 0.25) is 0 Å². The van der Waals surface area contributed by atoms with Gasteiger partial charge in [-0.05, 0) is 31.0 Å². The van der Waals surface area contributed by atoms with Crippen LogP contribution < -0.4 is 10.1 Å². The van der Waals surface area contributed by atoms with Crippen molar-refractivity contribution in [2.24, 2.45) is 0 Å². The van der Waals surface area contributed by atoms with Gasteiger partial charge in [-0.25, -0.2) is 4.79 Å². The molecule has 2 amide bonds. The monoisotopic (exact) mass is 362 g/mol. The Balaban J connectivity index is 1.72. The Labute approximate surface area is 151 Å². The van der Waals surface area contributed by atoms with E-state index in [2.05, 4.69) is 5.32 Å². The van der Waals surface area contributed by atoms with Crippen molar-refractivity contribution >= 4 is 17.8 Å². The van der Waals surface area contributed by atoms with Crippen molar-refractivity contribution in [3.63, 3.8) is 0 Å². The number of morpholine rings is 1. The van der Waals surface area contributed by atoms with Crippen LogP contribution in [0.25, 0.3) is 0 Å². The number of carbonyl (C=O) groups excluding carboxylic acids is 3. The van der Waals surface area contributed by atoms with E-state index < -0.39 is 11.6 Å². The molecule has 2 saturated heterocycles. The maximum absolute atomic E-state index is 12.9. The minimum absolute atomic E-state index is 0.0618. The number of esters is 1. The average Bonchev–Trinajstić information content (AvgIpc) is 2.69. The van der Waals surface area contributed by atoms with Gasteiger partial charge in [0.05, 0.1) is 25.4 Å². The Morgan fingerprint density at radius 2 is 1.85 bits per heavy atom. The molecule has 2 aliphatic heterocycles. The van der Waals surface area contributed by atoms with E-state index in [1.54, 1.807) is 11.0 Å². The topological polar surface area (TPSA) is 94.2 Å². The normalized spacial score (nSPS) is 19.0. The number of nitrogens with zero attached hydrogens (tertiary/aromatic N) is 1. The lowest BCUT2D eigenvalue weighted by molar-refractivity contribution is -0.149. The zero-order valence-corrected chi connectivity index (χ0v) is 14.9. The summed E-state index contributed by atoms with van der Waals surface area (Å²) in [6.07, 6.45) is 1.29. The third kappa shape index (κ3) is 3.65. The van der Waals surface area contributed by atoms with Gasteiger partial charge in [0.15, 0.2) is 0 Å². The second kappa shape index (κ2) is 7.33. The molecular weight excluding hydrogens is 340 g/mol. The van der Waals surface area contributed by atoms with Crippen LogP contribution in [0.5, 0.6) is 5.75 Å². The highest BCUT2D eigenvalue weighted by molar-refractivity contribution is 5.98. The van der Waals surface area contributed by atoms with Crippen molar-refractivity contribution in [1.29, 1.82) is 0 Å². The van der Waals surface area contributed by atoms with Gasteiger partial charge in [-0.2, -0.15) is 0 Å². The number of carbonyl (C=O) groups is 3. The number of hydrogen-bond donors (Lipinski definition) is 1. The van der Waals surface area contributed by atoms with Crippen LogP contribution in [0.4, 0.5) is 0 Å². The minimum Gasteiger partial charge on any atom is -0.497 e. The van der Waals surface area contributed by atoms with Crippen molar-refractivity contribution in [2.45, 2.75) is 18.4 Å². The largest absolute Gasteiger partial charge is 0.497 e. The summed E-state index contributed by atoms with van der Waals surface area (Å²) in [7, 11) is 2.76. The second-order valence-electron chi connectivity index (χ2n) is 6.48. The van der Waals surface area contributed by atoms with Gasteiger partial charge in [-0.3, -0.25) is 9.59 Å². The fourth-order valence-corrected chi connectivity index (χ4v) is 3.28. The molecule has 0 aromatic heterocycles. The first kappa shape index (κ1) is 18.2. The molecule has 2 heterocycles. The van der Waals surface area contributed by atoms with Crippen molar-refractivity contribution < 1.29 is 28.6 Å². The molecule has 0 bridgehead atoms. The van der Waals surface area contributed by atoms with Crippen molar-refractivity contribution in [3.8, 4) is 5.75 Å². The van der Waals surface area contributed by atoms with Gasteiger partial charge in [0.2, 0.25) is 5.91 Å². The predicted molar refractivity (Wildman–Crippen MR) is 91.2 cm³/mol. The number of piperidine rings is 1. The molecule has 1 spiro atoms. The lowest BCUT2D eigenvalue weighted by atomic mass is 9.89. The van der Waals surface area contributed by atoms with Crippen LogP contribution in [-0.4, -0.2) is 68.7 Å². The molecule has 0 saturated carbocycles. The van der Waals surface area contributed by atoms with E-state index in [1.807, 2.05) is 0 Å². The molecule has 1 aromatic carbocycles. The van der Waals surface area contributed by atoms with Gasteiger partial charge in [-0.1, -0.05) is 0 Å². The zero-order chi connectivity index (χ0) is 18.7. The highest BCUT2D eigenvalue weighted by atomic mass is 16.5. The molecule has 1 N–H and O–H groups in total. The minimum atomic E-state index is -0.526. The lowest BCUT2D eigenvalue weighted by Crippen LogP contribution is -2.58. The van der Waals surface area contributed by atoms with Gasteiger partial charge >= 0.3 is 5.97 Å². The highest BCUT2D eigenvalue weighted by Gasteiger charge is 2.40. The maximum atomic E-state index is 12.9. The van der Waals surface area contributed by atoms with Crippen LogP contribution in [0, 0.1) is 0 Å². The molecule has 0 radical (unpaired) electrons. The Hall–Kier alpha value is -2.61. The number of rotatable bonds is 3. The summed E-state index contributed by atoms with van der Waals surface area (Å²) in [5, 5.41) is 2.82. The maximum Gasteiger partial charge on any atom is 0.338 e. The van der Waals surface area contributed by atoms with E-state index in [4.69, 9.17) is 14.2 Å². The number of nitrogens with one attached hydrogen (secondary N) is 1. The third-order valence-electron chi connectivity index (χ3n) is 4.89. The molecule has 26 heavy (non-hydrogen) atoms. The number of likely N-dealkylation sites (tertiary alicyclic amines) is 1. The summed E-state index contributed by atoms with van der Waals surface area (Å²) >= 11 is 0. The molecule has 1 aromatic rings. The van der Waals surface area contributed by atoms with Crippen LogP contribution in [0.15, 0.2) is 18.2 Å². The number of ether oxygens (including phenoxy) is 3. The first-order chi connectivity index (χ1) is 12.5. The number of methoxy groups -OCH3 is 2. The Morgan fingerprint density at radius 3 is 2.42 bits per heavy atom. The number of benzene rings is 1. The van der Waals surface area contributed by atoms with E-state index in [0.717, 1.165) is 0 Å². The number of amides is 2. The quantitative estimate of drug-likeness (QED) is 0.792. The first-order valence-corrected chi connectivity index (χ1v) is 8.44. The van der Waals surface area contributed by atoms with Gasteiger partial charge in [-0.15, -0.1) is 0 Å².